The molecule has 0 unspecified atom stereocenters. The van der Waals surface area contributed by atoms with Gasteiger partial charge in [0.1, 0.15) is 0 Å². The Hall–Kier alpha value is -2.88. The van der Waals surface area contributed by atoms with Gasteiger partial charge >= 0.3 is 5.97 Å². The van der Waals surface area contributed by atoms with Crippen molar-refractivity contribution in [1.82, 2.24) is 4.90 Å². The summed E-state index contributed by atoms with van der Waals surface area (Å²) in [5.41, 5.74) is 4.16. The predicted molar refractivity (Wildman–Crippen MR) is 146 cm³/mol. The maximum absolute atomic E-state index is 13.5. The molecular weight excluding hydrogens is 580 g/mol. The molecule has 0 radical (unpaired) electrons. The van der Waals surface area contributed by atoms with Gasteiger partial charge in [-0.1, -0.05) is 35.9 Å². The van der Waals surface area contributed by atoms with Crippen molar-refractivity contribution >= 4 is 55.1 Å². The Morgan fingerprint density at radius 1 is 1.14 bits per heavy atom. The number of rotatable bonds is 7. The number of hydrogen-bond acceptors (Lipinski definition) is 5. The summed E-state index contributed by atoms with van der Waals surface area (Å²) >= 11 is 9.73. The van der Waals surface area contributed by atoms with Gasteiger partial charge in [0.15, 0.2) is 0 Å². The monoisotopic (exact) mass is 604 g/mol. The van der Waals surface area contributed by atoms with E-state index in [1.165, 1.54) is 18.2 Å². The summed E-state index contributed by atoms with van der Waals surface area (Å²) in [5, 5.41) is 0.159. The van der Waals surface area contributed by atoms with E-state index in [0.717, 1.165) is 22.3 Å². The molecule has 3 aromatic rings. The molecular formula is C27H26BrClN2O5S. The second-order valence-electron chi connectivity index (χ2n) is 8.74. The van der Waals surface area contributed by atoms with Crippen molar-refractivity contribution in [3.63, 3.8) is 0 Å². The van der Waals surface area contributed by atoms with Crippen molar-refractivity contribution < 1.29 is 22.7 Å². The molecule has 1 aliphatic rings. The van der Waals surface area contributed by atoms with Crippen molar-refractivity contribution in [2.24, 2.45) is 0 Å². The Balaban J connectivity index is 1.60. The molecule has 0 aliphatic carbocycles. The molecule has 194 valence electrons. The lowest BCUT2D eigenvalue weighted by atomic mass is 9.93. The molecule has 1 aliphatic heterocycles. The highest BCUT2D eigenvalue weighted by Crippen LogP contribution is 2.30. The minimum Gasteiger partial charge on any atom is -0.466 e. The van der Waals surface area contributed by atoms with Gasteiger partial charge in [0.25, 0.3) is 15.9 Å². The Labute approximate surface area is 230 Å². The molecule has 0 fully saturated rings. The molecule has 4 rings (SSSR count). The van der Waals surface area contributed by atoms with E-state index < -0.39 is 10.0 Å². The maximum atomic E-state index is 13.5. The average molecular weight is 606 g/mol. The maximum Gasteiger partial charge on any atom is 0.310 e. The highest BCUT2D eigenvalue weighted by molar-refractivity contribution is 9.10. The lowest BCUT2D eigenvalue weighted by Gasteiger charge is -2.30. The fourth-order valence-corrected chi connectivity index (χ4v) is 6.06. The summed E-state index contributed by atoms with van der Waals surface area (Å²) in [6, 6.07) is 15.2. The first-order valence-corrected chi connectivity index (χ1v) is 14.4. The Morgan fingerprint density at radius 2 is 1.92 bits per heavy atom. The number of ether oxygens (including phenoxy) is 1. The predicted octanol–water partition coefficient (Wildman–Crippen LogP) is 5.52. The molecule has 1 N–H and O–H groups in total. The summed E-state index contributed by atoms with van der Waals surface area (Å²) in [6.07, 6.45) is 0.726. The fourth-order valence-electron chi connectivity index (χ4n) is 4.28. The Bertz CT molecular complexity index is 1480. The molecule has 37 heavy (non-hydrogen) atoms. The number of nitrogens with zero attached hydrogens (tertiary/aromatic N) is 1. The van der Waals surface area contributed by atoms with Crippen LogP contribution in [0.15, 0.2) is 64.0 Å². The average Bonchev–Trinajstić information content (AvgIpc) is 2.86. The van der Waals surface area contributed by atoms with E-state index in [-0.39, 0.29) is 40.3 Å². The number of fused-ring (bicyclic) bond motifs is 1. The number of hydrogen-bond donors (Lipinski definition) is 1. The highest BCUT2D eigenvalue weighted by atomic mass is 79.9. The zero-order chi connectivity index (χ0) is 26.7. The summed E-state index contributed by atoms with van der Waals surface area (Å²) in [7, 11) is -3.99. The molecule has 7 nitrogen and oxygen atoms in total. The number of sulfonamides is 1. The number of amides is 1. The Kier molecular flexibility index (Phi) is 8.26. The fraction of sp³-hybridized carbons (Fsp3) is 0.259. The third kappa shape index (κ3) is 6.17. The van der Waals surface area contributed by atoms with Crippen LogP contribution < -0.4 is 4.72 Å². The van der Waals surface area contributed by atoms with Crippen LogP contribution >= 0.6 is 27.5 Å². The topological polar surface area (TPSA) is 92.8 Å². The molecule has 10 heteroatoms. The van der Waals surface area contributed by atoms with E-state index in [4.69, 9.17) is 16.3 Å². The van der Waals surface area contributed by atoms with Gasteiger partial charge in [-0.15, -0.1) is 0 Å². The van der Waals surface area contributed by atoms with Crippen molar-refractivity contribution in [2.75, 3.05) is 17.9 Å². The zero-order valence-electron chi connectivity index (χ0n) is 20.4. The highest BCUT2D eigenvalue weighted by Gasteiger charge is 2.27. The molecule has 0 saturated heterocycles. The van der Waals surface area contributed by atoms with Crippen LogP contribution in [0.5, 0.6) is 0 Å². The summed E-state index contributed by atoms with van der Waals surface area (Å²) in [5.74, 6) is -0.705. The van der Waals surface area contributed by atoms with Crippen LogP contribution in [0.25, 0.3) is 0 Å². The number of aryl methyl sites for hydroxylation is 1. The van der Waals surface area contributed by atoms with Gasteiger partial charge in [-0.05, 0) is 88.8 Å². The molecule has 1 amide bonds. The normalized spacial score (nSPS) is 13.1. The first kappa shape index (κ1) is 27.2. The number of esters is 1. The third-order valence-electron chi connectivity index (χ3n) is 6.14. The first-order chi connectivity index (χ1) is 17.6. The van der Waals surface area contributed by atoms with Gasteiger partial charge in [0.2, 0.25) is 0 Å². The minimum atomic E-state index is -3.99. The van der Waals surface area contributed by atoms with E-state index in [0.29, 0.717) is 29.7 Å². The molecule has 0 aromatic heterocycles. The number of halogens is 2. The second kappa shape index (κ2) is 11.2. The smallest absolute Gasteiger partial charge is 0.310 e. The van der Waals surface area contributed by atoms with Crippen molar-refractivity contribution in [3.05, 3.63) is 91.9 Å². The summed E-state index contributed by atoms with van der Waals surface area (Å²) in [6.45, 7) is 4.64. The Morgan fingerprint density at radius 3 is 2.68 bits per heavy atom. The van der Waals surface area contributed by atoms with Crippen molar-refractivity contribution in [2.45, 2.75) is 38.1 Å². The van der Waals surface area contributed by atoms with Crippen LogP contribution in [0.4, 0.5) is 5.69 Å². The van der Waals surface area contributed by atoms with Crippen LogP contribution in [-0.2, 0) is 38.9 Å². The quantitative estimate of drug-likeness (QED) is 0.358. The number of nitrogens with one attached hydrogen (secondary N) is 1. The van der Waals surface area contributed by atoms with Gasteiger partial charge in [-0.3, -0.25) is 14.3 Å². The lowest BCUT2D eigenvalue weighted by molar-refractivity contribution is -0.142. The SMILES string of the molecule is CCOC(=O)Cc1cccc2c1CN(C(=O)c1cc(S(=O)(=O)Nc3cc(C)ccc3Br)ccc1Cl)CC2. The first-order valence-electron chi connectivity index (χ1n) is 11.7. The van der Waals surface area contributed by atoms with Crippen LogP contribution in [0, 0.1) is 6.92 Å². The molecule has 3 aromatic carbocycles. The molecule has 0 spiro atoms. The molecule has 0 bridgehead atoms. The van der Waals surface area contributed by atoms with Gasteiger partial charge in [0.05, 0.1) is 34.2 Å². The van der Waals surface area contributed by atoms with Crippen LogP contribution in [-0.4, -0.2) is 38.3 Å². The number of carbonyl (C=O) groups is 2. The van der Waals surface area contributed by atoms with Crippen molar-refractivity contribution in [1.29, 1.82) is 0 Å². The van der Waals surface area contributed by atoms with E-state index in [9.17, 15) is 18.0 Å². The van der Waals surface area contributed by atoms with Gasteiger partial charge in [-0.2, -0.15) is 0 Å². The van der Waals surface area contributed by atoms with Gasteiger partial charge in [0, 0.05) is 17.6 Å². The van der Waals surface area contributed by atoms with Crippen LogP contribution in [0.2, 0.25) is 5.02 Å². The third-order valence-corrected chi connectivity index (χ3v) is 8.53. The van der Waals surface area contributed by atoms with Crippen LogP contribution in [0.3, 0.4) is 0 Å². The minimum absolute atomic E-state index is 0.0749. The lowest BCUT2D eigenvalue weighted by Crippen LogP contribution is -2.37. The van der Waals surface area contributed by atoms with Crippen LogP contribution in [0.1, 0.15) is 39.5 Å². The van der Waals surface area contributed by atoms with Gasteiger partial charge < -0.3 is 9.64 Å². The van der Waals surface area contributed by atoms with E-state index in [1.807, 2.05) is 31.2 Å². The summed E-state index contributed by atoms with van der Waals surface area (Å²) in [4.78, 5) is 27.2. The number of carbonyl (C=O) groups excluding carboxylic acids is 2. The van der Waals surface area contributed by atoms with Crippen molar-refractivity contribution in [3.8, 4) is 0 Å². The summed E-state index contributed by atoms with van der Waals surface area (Å²) < 4.78 is 34.6. The van der Waals surface area contributed by atoms with E-state index >= 15 is 0 Å². The number of benzene rings is 3. The second-order valence-corrected chi connectivity index (χ2v) is 11.7. The molecule has 1 heterocycles. The van der Waals surface area contributed by atoms with E-state index in [1.54, 1.807) is 24.0 Å². The molecule has 0 saturated carbocycles. The zero-order valence-corrected chi connectivity index (χ0v) is 23.5. The van der Waals surface area contributed by atoms with Gasteiger partial charge in [-0.25, -0.2) is 8.42 Å². The number of anilines is 1. The molecule has 0 atom stereocenters. The standard InChI is InChI=1S/C27H26BrClN2O5S/c1-3-36-26(32)14-19-6-4-5-18-11-12-31(16-22(18)19)27(33)21-15-20(8-10-24(21)29)37(34,35)30-25-13-17(2)7-9-23(25)28/h4-10,13,15,30H,3,11-12,14,16H2,1-2H3. The largest absolute Gasteiger partial charge is 0.466 e. The van der Waals surface area contributed by atoms with E-state index in [2.05, 4.69) is 20.7 Å².